The van der Waals surface area contributed by atoms with Gasteiger partial charge in [-0.15, -0.1) is 0 Å². The van der Waals surface area contributed by atoms with Crippen LogP contribution in [-0.4, -0.2) is 43.9 Å². The molecule has 3 aromatic carbocycles. The van der Waals surface area contributed by atoms with E-state index in [0.717, 1.165) is 43.3 Å². The van der Waals surface area contributed by atoms with Gasteiger partial charge in [0.25, 0.3) is 0 Å². The molecule has 0 aromatic heterocycles. The lowest BCUT2D eigenvalue weighted by Crippen LogP contribution is -2.47. The SMILES string of the molecule is COc1ccc(COc2cc(OCCN3CCC(C)(Oc4ccc(Cl)cc4)CC3)ccc2C(F)(F)F)cc1. The van der Waals surface area contributed by atoms with E-state index in [9.17, 15) is 13.2 Å². The van der Waals surface area contributed by atoms with Gasteiger partial charge in [0.2, 0.25) is 0 Å². The van der Waals surface area contributed by atoms with E-state index in [1.165, 1.54) is 12.1 Å². The number of hydrogen-bond donors (Lipinski definition) is 0. The Balaban J connectivity index is 1.29. The summed E-state index contributed by atoms with van der Waals surface area (Å²) in [5.41, 5.74) is -0.383. The molecule has 9 heteroatoms. The summed E-state index contributed by atoms with van der Waals surface area (Å²) in [6.07, 6.45) is -2.85. The molecule has 204 valence electrons. The van der Waals surface area contributed by atoms with Crippen LogP contribution >= 0.6 is 11.6 Å². The fraction of sp³-hybridized carbons (Fsp3) is 0.379. The van der Waals surface area contributed by atoms with Gasteiger partial charge in [-0.25, -0.2) is 0 Å². The van der Waals surface area contributed by atoms with Crippen LogP contribution in [0.5, 0.6) is 23.0 Å². The number of nitrogens with zero attached hydrogens (tertiary/aromatic N) is 1. The second kappa shape index (κ2) is 12.2. The molecule has 1 heterocycles. The number of benzene rings is 3. The Morgan fingerprint density at radius 1 is 0.868 bits per heavy atom. The number of likely N-dealkylation sites (tertiary alicyclic amines) is 1. The van der Waals surface area contributed by atoms with Crippen LogP contribution in [0.25, 0.3) is 0 Å². The predicted molar refractivity (Wildman–Crippen MR) is 140 cm³/mol. The average Bonchev–Trinajstić information content (AvgIpc) is 2.90. The Labute approximate surface area is 226 Å². The Morgan fingerprint density at radius 2 is 1.50 bits per heavy atom. The monoisotopic (exact) mass is 549 g/mol. The van der Waals surface area contributed by atoms with Crippen LogP contribution in [0.15, 0.2) is 66.7 Å². The summed E-state index contributed by atoms with van der Waals surface area (Å²) in [5, 5.41) is 0.668. The number of hydrogen-bond acceptors (Lipinski definition) is 5. The van der Waals surface area contributed by atoms with Crippen molar-refractivity contribution in [3.63, 3.8) is 0 Å². The molecule has 0 unspecified atom stereocenters. The van der Waals surface area contributed by atoms with Crippen LogP contribution in [0, 0.1) is 0 Å². The van der Waals surface area contributed by atoms with Crippen molar-refractivity contribution in [1.82, 2.24) is 4.90 Å². The standard InChI is InChI=1S/C29H31ClF3NO4/c1-28(38-24-9-5-22(30)6-10-24)13-15-34(16-14-28)17-18-36-25-11-12-26(29(31,32)33)27(19-25)37-20-21-3-7-23(35-2)8-4-21/h3-12,19H,13-18,20H2,1-2H3. The highest BCUT2D eigenvalue weighted by molar-refractivity contribution is 6.30. The molecule has 0 saturated carbocycles. The lowest BCUT2D eigenvalue weighted by molar-refractivity contribution is -0.139. The average molecular weight is 550 g/mol. The molecule has 0 atom stereocenters. The van der Waals surface area contributed by atoms with Crippen LogP contribution in [-0.2, 0) is 12.8 Å². The molecule has 0 amide bonds. The third kappa shape index (κ3) is 7.71. The van der Waals surface area contributed by atoms with Crippen molar-refractivity contribution in [2.24, 2.45) is 0 Å². The van der Waals surface area contributed by atoms with Gasteiger partial charge in [0.1, 0.15) is 41.8 Å². The minimum atomic E-state index is -4.54. The van der Waals surface area contributed by atoms with Crippen LogP contribution < -0.4 is 18.9 Å². The summed E-state index contributed by atoms with van der Waals surface area (Å²) in [5.74, 6) is 1.52. The maximum Gasteiger partial charge on any atom is 0.419 e. The van der Waals surface area contributed by atoms with Gasteiger partial charge in [0.15, 0.2) is 0 Å². The van der Waals surface area contributed by atoms with Crippen LogP contribution in [0.3, 0.4) is 0 Å². The molecule has 0 spiro atoms. The highest BCUT2D eigenvalue weighted by Gasteiger charge is 2.35. The number of rotatable bonds is 10. The van der Waals surface area contributed by atoms with Gasteiger partial charge in [0, 0.05) is 30.7 Å². The third-order valence-corrected chi connectivity index (χ3v) is 6.83. The molecular formula is C29H31ClF3NO4. The third-order valence-electron chi connectivity index (χ3n) is 6.58. The van der Waals surface area contributed by atoms with Gasteiger partial charge < -0.3 is 18.9 Å². The van der Waals surface area contributed by atoms with Crippen molar-refractivity contribution in [2.45, 2.75) is 38.1 Å². The van der Waals surface area contributed by atoms with Crippen LogP contribution in [0.1, 0.15) is 30.9 Å². The second-order valence-corrected chi connectivity index (χ2v) is 9.92. The van der Waals surface area contributed by atoms with Gasteiger partial charge in [-0.1, -0.05) is 23.7 Å². The van der Waals surface area contributed by atoms with Gasteiger partial charge in [0.05, 0.1) is 12.7 Å². The van der Waals surface area contributed by atoms with Crippen molar-refractivity contribution in [1.29, 1.82) is 0 Å². The Bertz CT molecular complexity index is 1180. The maximum absolute atomic E-state index is 13.6. The lowest BCUT2D eigenvalue weighted by Gasteiger charge is -2.39. The van der Waals surface area contributed by atoms with Crippen LogP contribution in [0.2, 0.25) is 5.02 Å². The Morgan fingerprint density at radius 3 is 2.13 bits per heavy atom. The highest BCUT2D eigenvalue weighted by atomic mass is 35.5. The second-order valence-electron chi connectivity index (χ2n) is 9.49. The summed E-state index contributed by atoms with van der Waals surface area (Å²) in [4.78, 5) is 2.26. The first-order valence-electron chi connectivity index (χ1n) is 12.4. The van der Waals surface area contributed by atoms with E-state index in [1.54, 1.807) is 31.4 Å². The predicted octanol–water partition coefficient (Wildman–Crippen LogP) is 7.26. The van der Waals surface area contributed by atoms with Gasteiger partial charge >= 0.3 is 6.18 Å². The van der Waals surface area contributed by atoms with E-state index >= 15 is 0 Å². The fourth-order valence-corrected chi connectivity index (χ4v) is 4.39. The van der Waals surface area contributed by atoms with Gasteiger partial charge in [-0.05, 0) is 73.9 Å². The van der Waals surface area contributed by atoms with Crippen LogP contribution in [0.4, 0.5) is 13.2 Å². The lowest BCUT2D eigenvalue weighted by atomic mass is 9.93. The van der Waals surface area contributed by atoms with Crippen molar-refractivity contribution in [3.05, 3.63) is 82.9 Å². The number of methoxy groups -OCH3 is 1. The van der Waals surface area contributed by atoms with E-state index < -0.39 is 11.7 Å². The normalized spacial score (nSPS) is 15.6. The number of piperidine rings is 1. The largest absolute Gasteiger partial charge is 0.497 e. The van der Waals surface area contributed by atoms with E-state index in [-0.39, 0.29) is 18.0 Å². The molecule has 1 aliphatic rings. The summed E-state index contributed by atoms with van der Waals surface area (Å²) in [7, 11) is 1.55. The zero-order chi connectivity index (χ0) is 27.2. The molecule has 0 N–H and O–H groups in total. The van der Waals surface area contributed by atoms with Crippen molar-refractivity contribution in [3.8, 4) is 23.0 Å². The Kier molecular flexibility index (Phi) is 8.95. The zero-order valence-electron chi connectivity index (χ0n) is 21.4. The first kappa shape index (κ1) is 27.9. The molecule has 5 nitrogen and oxygen atoms in total. The van der Waals surface area contributed by atoms with Crippen molar-refractivity contribution in [2.75, 3.05) is 33.4 Å². The summed E-state index contributed by atoms with van der Waals surface area (Å²) >= 11 is 5.95. The highest BCUT2D eigenvalue weighted by Crippen LogP contribution is 2.38. The summed E-state index contributed by atoms with van der Waals surface area (Å²) in [6.45, 7) is 4.75. The zero-order valence-corrected chi connectivity index (χ0v) is 22.1. The maximum atomic E-state index is 13.6. The molecule has 1 fully saturated rings. The molecule has 1 aliphatic heterocycles. The van der Waals surface area contributed by atoms with Crippen molar-refractivity contribution >= 4 is 11.6 Å². The molecule has 38 heavy (non-hydrogen) atoms. The number of alkyl halides is 3. The molecule has 0 bridgehead atoms. The van der Waals surface area contributed by atoms with E-state index in [1.807, 2.05) is 24.3 Å². The molecular weight excluding hydrogens is 519 g/mol. The first-order valence-corrected chi connectivity index (χ1v) is 12.8. The van der Waals surface area contributed by atoms with E-state index in [4.69, 9.17) is 30.5 Å². The first-order chi connectivity index (χ1) is 18.1. The van der Waals surface area contributed by atoms with Crippen molar-refractivity contribution < 1.29 is 32.1 Å². The van der Waals surface area contributed by atoms with E-state index in [0.29, 0.717) is 29.7 Å². The quantitative estimate of drug-likeness (QED) is 0.266. The van der Waals surface area contributed by atoms with E-state index in [2.05, 4.69) is 11.8 Å². The number of ether oxygens (including phenoxy) is 4. The van der Waals surface area contributed by atoms with Gasteiger partial charge in [-0.3, -0.25) is 4.90 Å². The molecule has 3 aromatic rings. The minimum Gasteiger partial charge on any atom is -0.497 e. The molecule has 1 saturated heterocycles. The molecule has 0 aliphatic carbocycles. The Hall–Kier alpha value is -3.10. The molecule has 4 rings (SSSR count). The fourth-order valence-electron chi connectivity index (χ4n) is 4.26. The smallest absolute Gasteiger partial charge is 0.419 e. The summed E-state index contributed by atoms with van der Waals surface area (Å²) < 4.78 is 63.4. The minimum absolute atomic E-state index is 0.0127. The van der Waals surface area contributed by atoms with Gasteiger partial charge in [-0.2, -0.15) is 13.2 Å². The summed E-state index contributed by atoms with van der Waals surface area (Å²) in [6, 6.07) is 17.9. The number of halogens is 4. The topological polar surface area (TPSA) is 40.2 Å². The molecule has 0 radical (unpaired) electrons.